The third-order valence-electron chi connectivity index (χ3n) is 5.54. The topological polar surface area (TPSA) is 21.3 Å². The number of hydrogen-bond donors (Lipinski definition) is 1. The van der Waals surface area contributed by atoms with Gasteiger partial charge in [-0.15, -0.1) is 0 Å². The average Bonchev–Trinajstić information content (AvgIpc) is 2.27. The van der Waals surface area contributed by atoms with E-state index in [4.69, 9.17) is 4.74 Å². The number of rotatable bonds is 4. The summed E-state index contributed by atoms with van der Waals surface area (Å²) in [6, 6.07) is 0.789. The predicted octanol–water partition coefficient (Wildman–Crippen LogP) is 2.83. The van der Waals surface area contributed by atoms with Gasteiger partial charge < -0.3 is 10.1 Å². The molecule has 0 aliphatic heterocycles. The van der Waals surface area contributed by atoms with Crippen molar-refractivity contribution in [3.63, 3.8) is 0 Å². The molecule has 4 aliphatic rings. The third-order valence-corrected chi connectivity index (χ3v) is 5.54. The number of hydrogen-bond acceptors (Lipinski definition) is 2. The van der Waals surface area contributed by atoms with E-state index < -0.39 is 0 Å². The second-order valence-electron chi connectivity index (χ2n) is 7.30. The molecule has 0 aromatic heterocycles. The van der Waals surface area contributed by atoms with Crippen molar-refractivity contribution in [3.8, 4) is 0 Å². The first kappa shape index (κ1) is 12.0. The Kier molecular flexibility index (Phi) is 2.99. The highest BCUT2D eigenvalue weighted by Crippen LogP contribution is 2.53. The Morgan fingerprint density at radius 2 is 1.53 bits per heavy atom. The number of nitrogens with one attached hydrogen (secondary N) is 1. The van der Waals surface area contributed by atoms with Crippen LogP contribution < -0.4 is 5.32 Å². The van der Waals surface area contributed by atoms with Crippen molar-refractivity contribution >= 4 is 0 Å². The van der Waals surface area contributed by atoms with Crippen LogP contribution in [0.2, 0.25) is 0 Å². The van der Waals surface area contributed by atoms with Crippen LogP contribution in [0.25, 0.3) is 0 Å². The van der Waals surface area contributed by atoms with Gasteiger partial charge in [-0.3, -0.25) is 0 Å². The van der Waals surface area contributed by atoms with Crippen molar-refractivity contribution < 1.29 is 4.74 Å². The largest absolute Gasteiger partial charge is 0.377 e. The lowest BCUT2D eigenvalue weighted by atomic mass is 9.54. The molecule has 2 nitrogen and oxygen atoms in total. The van der Waals surface area contributed by atoms with Gasteiger partial charge in [0.05, 0.1) is 5.60 Å². The van der Waals surface area contributed by atoms with E-state index in [-0.39, 0.29) is 5.60 Å². The minimum absolute atomic E-state index is 0.0192. The Bertz CT molecular complexity index is 259. The fraction of sp³-hybridized carbons (Fsp3) is 1.00. The molecule has 4 saturated carbocycles. The van der Waals surface area contributed by atoms with E-state index in [0.29, 0.717) is 0 Å². The highest BCUT2D eigenvalue weighted by atomic mass is 16.5. The fourth-order valence-electron chi connectivity index (χ4n) is 4.69. The molecule has 0 radical (unpaired) electrons. The molecule has 0 saturated heterocycles. The van der Waals surface area contributed by atoms with E-state index in [0.717, 1.165) is 36.3 Å². The number of methoxy groups -OCH3 is 1. The van der Waals surface area contributed by atoms with E-state index in [1.165, 1.54) is 25.7 Å². The van der Waals surface area contributed by atoms with Crippen molar-refractivity contribution in [1.82, 2.24) is 5.32 Å². The molecule has 0 amide bonds. The summed E-state index contributed by atoms with van der Waals surface area (Å²) in [5.74, 6) is 4.09. The normalized spacial score (nSPS) is 44.3. The molecule has 4 rings (SSSR count). The maximum absolute atomic E-state index is 5.52. The van der Waals surface area contributed by atoms with Gasteiger partial charge in [-0.05, 0) is 69.6 Å². The summed E-state index contributed by atoms with van der Waals surface area (Å²) >= 11 is 0. The van der Waals surface area contributed by atoms with E-state index in [9.17, 15) is 0 Å². The van der Waals surface area contributed by atoms with Crippen molar-refractivity contribution in [3.05, 3.63) is 0 Å². The maximum Gasteiger partial charge on any atom is 0.0746 e. The zero-order valence-corrected chi connectivity index (χ0v) is 11.5. The van der Waals surface area contributed by atoms with Gasteiger partial charge in [-0.1, -0.05) is 0 Å². The minimum Gasteiger partial charge on any atom is -0.377 e. The first-order chi connectivity index (χ1) is 8.07. The van der Waals surface area contributed by atoms with Gasteiger partial charge in [0.15, 0.2) is 0 Å². The van der Waals surface area contributed by atoms with Gasteiger partial charge in [0.1, 0.15) is 0 Å². The van der Waals surface area contributed by atoms with Crippen LogP contribution in [0.1, 0.15) is 46.0 Å². The van der Waals surface area contributed by atoms with Crippen LogP contribution in [0.3, 0.4) is 0 Å². The molecule has 4 bridgehead atoms. The third kappa shape index (κ3) is 2.26. The molecule has 17 heavy (non-hydrogen) atoms. The van der Waals surface area contributed by atoms with Gasteiger partial charge in [-0.2, -0.15) is 0 Å². The average molecular weight is 237 g/mol. The van der Waals surface area contributed by atoms with Crippen LogP contribution in [0.15, 0.2) is 0 Å². The van der Waals surface area contributed by atoms with Gasteiger partial charge in [0.25, 0.3) is 0 Å². The summed E-state index contributed by atoms with van der Waals surface area (Å²) < 4.78 is 5.52. The van der Waals surface area contributed by atoms with E-state index in [1.54, 1.807) is 6.42 Å². The Morgan fingerprint density at radius 1 is 1.00 bits per heavy atom. The molecule has 1 N–H and O–H groups in total. The molecule has 0 atom stereocenters. The van der Waals surface area contributed by atoms with Crippen LogP contribution in [0.5, 0.6) is 0 Å². The zero-order chi connectivity index (χ0) is 12.0. The summed E-state index contributed by atoms with van der Waals surface area (Å²) in [5, 5.41) is 3.83. The van der Waals surface area contributed by atoms with Crippen LogP contribution in [0, 0.1) is 23.7 Å². The van der Waals surface area contributed by atoms with Crippen LogP contribution in [-0.2, 0) is 4.74 Å². The Labute approximate surface area is 105 Å². The van der Waals surface area contributed by atoms with E-state index in [1.807, 2.05) is 7.11 Å². The first-order valence-corrected chi connectivity index (χ1v) is 7.36. The molecule has 2 heteroatoms. The standard InChI is InChI=1S/C15H27NO/c1-15(2,17-3)9-16-14-12-5-10-4-11(7-12)8-13(14)6-10/h10-14,16H,4-9H2,1-3H3. The lowest BCUT2D eigenvalue weighted by Crippen LogP contribution is -2.56. The van der Waals surface area contributed by atoms with Crippen LogP contribution in [0.4, 0.5) is 0 Å². The molecule has 0 unspecified atom stereocenters. The Morgan fingerprint density at radius 3 is 2.00 bits per heavy atom. The molecule has 0 spiro atoms. The summed E-state index contributed by atoms with van der Waals surface area (Å²) in [5.41, 5.74) is -0.0192. The molecule has 4 fully saturated rings. The molecular formula is C15H27NO. The van der Waals surface area contributed by atoms with Crippen LogP contribution in [-0.4, -0.2) is 25.3 Å². The molecular weight excluding hydrogens is 210 g/mol. The highest BCUT2D eigenvalue weighted by Gasteiger charge is 2.48. The lowest BCUT2D eigenvalue weighted by molar-refractivity contribution is -0.0304. The maximum atomic E-state index is 5.52. The summed E-state index contributed by atoms with van der Waals surface area (Å²) in [4.78, 5) is 0. The van der Waals surface area contributed by atoms with Crippen molar-refractivity contribution in [2.24, 2.45) is 23.7 Å². The molecule has 0 aromatic rings. The van der Waals surface area contributed by atoms with Crippen molar-refractivity contribution in [2.45, 2.75) is 57.6 Å². The van der Waals surface area contributed by atoms with Gasteiger partial charge in [0.2, 0.25) is 0 Å². The second kappa shape index (κ2) is 4.24. The molecule has 98 valence electrons. The van der Waals surface area contributed by atoms with Crippen LogP contribution >= 0.6 is 0 Å². The second-order valence-corrected chi connectivity index (χ2v) is 7.30. The zero-order valence-electron chi connectivity index (χ0n) is 11.5. The van der Waals surface area contributed by atoms with Gasteiger partial charge in [-0.25, -0.2) is 0 Å². The fourth-order valence-corrected chi connectivity index (χ4v) is 4.69. The van der Waals surface area contributed by atoms with Gasteiger partial charge >= 0.3 is 0 Å². The minimum atomic E-state index is -0.0192. The Hall–Kier alpha value is -0.0800. The quantitative estimate of drug-likeness (QED) is 0.812. The van der Waals surface area contributed by atoms with Crippen molar-refractivity contribution in [1.29, 1.82) is 0 Å². The molecule has 0 heterocycles. The number of ether oxygens (including phenoxy) is 1. The summed E-state index contributed by atoms with van der Waals surface area (Å²) in [7, 11) is 1.82. The molecule has 0 aromatic carbocycles. The lowest BCUT2D eigenvalue weighted by Gasteiger charge is -2.55. The smallest absolute Gasteiger partial charge is 0.0746 e. The molecule has 4 aliphatic carbocycles. The predicted molar refractivity (Wildman–Crippen MR) is 69.9 cm³/mol. The summed E-state index contributed by atoms with van der Waals surface area (Å²) in [6.45, 7) is 5.35. The van der Waals surface area contributed by atoms with Crippen molar-refractivity contribution in [2.75, 3.05) is 13.7 Å². The summed E-state index contributed by atoms with van der Waals surface area (Å²) in [6.07, 6.45) is 7.54. The SMILES string of the molecule is COC(C)(C)CNC1C2CC3CC(C2)CC1C3. The monoisotopic (exact) mass is 237 g/mol. The first-order valence-electron chi connectivity index (χ1n) is 7.36. The Balaban J connectivity index is 1.61. The van der Waals surface area contributed by atoms with Gasteiger partial charge in [0, 0.05) is 19.7 Å². The van der Waals surface area contributed by atoms with E-state index >= 15 is 0 Å². The highest BCUT2D eigenvalue weighted by molar-refractivity contribution is 5.01. The van der Waals surface area contributed by atoms with E-state index in [2.05, 4.69) is 19.2 Å².